The number of ketones is 2. The van der Waals surface area contributed by atoms with Crippen LogP contribution in [0.15, 0.2) is 72.3 Å². The number of aromatic nitrogens is 1. The number of phenols is 1. The number of aliphatic hydroxyl groups is 1. The van der Waals surface area contributed by atoms with E-state index in [1.54, 1.807) is 31.2 Å². The Kier molecular flexibility index (Phi) is 7.82. The third kappa shape index (κ3) is 5.24. The monoisotopic (exact) mass is 584 g/mol. The maximum Gasteiger partial charge on any atom is 0.301 e. The number of phenolic OH excluding ortho intramolecular Hbond substituents is 1. The van der Waals surface area contributed by atoms with Crippen molar-refractivity contribution in [3.63, 3.8) is 0 Å². The molecule has 1 unspecified atom stereocenters. The number of rotatable bonds is 8. The van der Waals surface area contributed by atoms with Crippen molar-refractivity contribution >= 4 is 39.7 Å². The Hall–Kier alpha value is -4.96. The summed E-state index contributed by atoms with van der Waals surface area (Å²) in [6, 6.07) is 17.7. The van der Waals surface area contributed by atoms with Gasteiger partial charge >= 0.3 is 5.91 Å². The zero-order valence-electron chi connectivity index (χ0n) is 23.4. The van der Waals surface area contributed by atoms with Gasteiger partial charge in [0, 0.05) is 12.5 Å². The van der Waals surface area contributed by atoms with Crippen molar-refractivity contribution in [3.05, 3.63) is 105 Å². The highest BCUT2D eigenvalue weighted by atomic mass is 32.1. The number of benzene rings is 3. The molecule has 2 N–H and O–H groups in total. The SMILES string of the molecule is COc1cc(C2/C(=C(\O)c3ccc(OCc4ccccc4C)cc3)C(=O)C(=O)N2c2nc(C)c(C(C)=O)s2)ccc1O. The van der Waals surface area contributed by atoms with E-state index in [1.165, 1.54) is 37.1 Å². The molecule has 3 aromatic carbocycles. The first kappa shape index (κ1) is 28.6. The third-order valence-corrected chi connectivity index (χ3v) is 8.32. The summed E-state index contributed by atoms with van der Waals surface area (Å²) in [5.41, 5.74) is 3.09. The number of anilines is 1. The molecule has 1 amide bonds. The lowest BCUT2D eigenvalue weighted by Gasteiger charge is -2.23. The molecule has 0 spiro atoms. The molecule has 4 aromatic rings. The molecule has 9 nitrogen and oxygen atoms in total. The molecular weight excluding hydrogens is 556 g/mol. The van der Waals surface area contributed by atoms with Gasteiger partial charge in [0.25, 0.3) is 5.78 Å². The van der Waals surface area contributed by atoms with Crippen molar-refractivity contribution in [1.82, 2.24) is 4.98 Å². The number of nitrogens with zero attached hydrogens (tertiary/aromatic N) is 2. The Morgan fingerprint density at radius 2 is 1.76 bits per heavy atom. The second kappa shape index (κ2) is 11.5. The summed E-state index contributed by atoms with van der Waals surface area (Å²) in [6.07, 6.45) is 0. The quantitative estimate of drug-likeness (QED) is 0.114. The summed E-state index contributed by atoms with van der Waals surface area (Å²) >= 11 is 0.989. The van der Waals surface area contributed by atoms with E-state index in [2.05, 4.69) is 4.98 Å². The van der Waals surface area contributed by atoms with Gasteiger partial charge in [-0.25, -0.2) is 4.98 Å². The third-order valence-electron chi connectivity index (χ3n) is 7.06. The molecule has 1 fully saturated rings. The molecule has 1 aromatic heterocycles. The molecule has 1 atom stereocenters. The molecular formula is C32H28N2O7S. The van der Waals surface area contributed by atoms with Gasteiger partial charge in [0.1, 0.15) is 18.1 Å². The Labute approximate surface area is 246 Å². The lowest BCUT2D eigenvalue weighted by atomic mass is 9.95. The second-order valence-corrected chi connectivity index (χ2v) is 10.8. The standard InChI is InChI=1S/C32H28N2O7S/c1-17-7-5-6-8-22(17)16-41-23-12-9-20(10-13-23)28(37)26-27(21-11-14-24(36)25(15-21)40-4)34(31(39)29(26)38)32-33-18(2)30(42-32)19(3)35/h5-15,27,36-37H,16H2,1-4H3/b28-26+. The number of thiazole rings is 1. The second-order valence-electron chi connectivity index (χ2n) is 9.81. The number of hydrogen-bond donors (Lipinski definition) is 2. The molecule has 0 aliphatic carbocycles. The number of carbonyl (C=O) groups is 3. The van der Waals surface area contributed by atoms with Gasteiger partial charge in [0.2, 0.25) is 0 Å². The number of carbonyl (C=O) groups excluding carboxylic acids is 3. The predicted molar refractivity (Wildman–Crippen MR) is 158 cm³/mol. The van der Waals surface area contributed by atoms with Crippen LogP contribution in [0.2, 0.25) is 0 Å². The molecule has 42 heavy (non-hydrogen) atoms. The Balaban J connectivity index is 1.57. The van der Waals surface area contributed by atoms with Crippen LogP contribution in [0, 0.1) is 13.8 Å². The van der Waals surface area contributed by atoms with Crippen molar-refractivity contribution in [2.75, 3.05) is 12.0 Å². The van der Waals surface area contributed by atoms with Crippen molar-refractivity contribution in [2.45, 2.75) is 33.4 Å². The summed E-state index contributed by atoms with van der Waals surface area (Å²) in [4.78, 5) is 45.0. The van der Waals surface area contributed by atoms with Crippen LogP contribution in [0.1, 0.15) is 50.6 Å². The van der Waals surface area contributed by atoms with Crippen molar-refractivity contribution in [1.29, 1.82) is 0 Å². The summed E-state index contributed by atoms with van der Waals surface area (Å²) in [7, 11) is 1.38. The van der Waals surface area contributed by atoms with Crippen LogP contribution >= 0.6 is 11.3 Å². The van der Waals surface area contributed by atoms with E-state index in [-0.39, 0.29) is 28.0 Å². The minimum Gasteiger partial charge on any atom is -0.507 e. The normalized spacial score (nSPS) is 16.1. The van der Waals surface area contributed by atoms with Crippen molar-refractivity contribution in [2.24, 2.45) is 0 Å². The van der Waals surface area contributed by atoms with Gasteiger partial charge < -0.3 is 19.7 Å². The van der Waals surface area contributed by atoms with Crippen LogP contribution in [0.4, 0.5) is 5.13 Å². The van der Waals surface area contributed by atoms with Crippen LogP contribution in [-0.2, 0) is 16.2 Å². The van der Waals surface area contributed by atoms with Crippen LogP contribution < -0.4 is 14.4 Å². The minimum atomic E-state index is -1.11. The average molecular weight is 585 g/mol. The van der Waals surface area contributed by atoms with E-state index in [4.69, 9.17) is 9.47 Å². The number of hydrogen-bond acceptors (Lipinski definition) is 9. The van der Waals surface area contributed by atoms with Crippen LogP contribution in [0.25, 0.3) is 5.76 Å². The van der Waals surface area contributed by atoms with E-state index < -0.39 is 23.5 Å². The average Bonchev–Trinajstić information content (AvgIpc) is 3.49. The van der Waals surface area contributed by atoms with E-state index in [1.807, 2.05) is 31.2 Å². The highest BCUT2D eigenvalue weighted by Crippen LogP contribution is 2.45. The predicted octanol–water partition coefficient (Wildman–Crippen LogP) is 5.88. The molecule has 0 bridgehead atoms. The zero-order chi connectivity index (χ0) is 30.1. The summed E-state index contributed by atoms with van der Waals surface area (Å²) in [6.45, 7) is 5.41. The first-order valence-corrected chi connectivity index (χ1v) is 13.9. The molecule has 1 saturated heterocycles. The fraction of sp³-hybridized carbons (Fsp3) is 0.188. The minimum absolute atomic E-state index is 0.119. The summed E-state index contributed by atoms with van der Waals surface area (Å²) < 4.78 is 11.2. The van der Waals surface area contributed by atoms with Crippen LogP contribution in [-0.4, -0.2) is 39.8 Å². The molecule has 214 valence electrons. The highest BCUT2D eigenvalue weighted by Gasteiger charge is 2.48. The van der Waals surface area contributed by atoms with Gasteiger partial charge in [-0.15, -0.1) is 0 Å². The Morgan fingerprint density at radius 1 is 1.05 bits per heavy atom. The molecule has 0 saturated carbocycles. The number of aryl methyl sites for hydroxylation is 2. The largest absolute Gasteiger partial charge is 0.507 e. The van der Waals surface area contributed by atoms with Crippen molar-refractivity contribution < 1.29 is 34.1 Å². The fourth-order valence-corrected chi connectivity index (χ4v) is 5.81. The maximum atomic E-state index is 13.5. The van der Waals surface area contributed by atoms with Crippen molar-refractivity contribution in [3.8, 4) is 17.2 Å². The van der Waals surface area contributed by atoms with Gasteiger partial charge in [-0.1, -0.05) is 41.7 Å². The van der Waals surface area contributed by atoms with Gasteiger partial charge in [-0.05, 0) is 66.9 Å². The molecule has 0 radical (unpaired) electrons. The maximum absolute atomic E-state index is 13.5. The topological polar surface area (TPSA) is 126 Å². The number of aromatic hydroxyl groups is 1. The first-order chi connectivity index (χ1) is 20.1. The van der Waals surface area contributed by atoms with Gasteiger partial charge in [-0.2, -0.15) is 0 Å². The number of methoxy groups -OCH3 is 1. The molecule has 2 heterocycles. The van der Waals surface area contributed by atoms with Gasteiger partial charge in [0.05, 0.1) is 29.3 Å². The number of amides is 1. The first-order valence-electron chi connectivity index (χ1n) is 13.0. The lowest BCUT2D eigenvalue weighted by Crippen LogP contribution is -2.29. The van der Waals surface area contributed by atoms with E-state index >= 15 is 0 Å². The zero-order valence-corrected chi connectivity index (χ0v) is 24.2. The number of Topliss-reactive ketones (excluding diaryl/α,β-unsaturated/α-hetero) is 2. The number of ether oxygens (including phenoxy) is 2. The van der Waals surface area contributed by atoms with Crippen LogP contribution in [0.5, 0.6) is 17.2 Å². The summed E-state index contributed by atoms with van der Waals surface area (Å²) in [5.74, 6) is -1.89. The Morgan fingerprint density at radius 3 is 2.40 bits per heavy atom. The highest BCUT2D eigenvalue weighted by molar-refractivity contribution is 7.18. The van der Waals surface area contributed by atoms with E-state index in [0.717, 1.165) is 22.5 Å². The lowest BCUT2D eigenvalue weighted by molar-refractivity contribution is -0.132. The fourth-order valence-electron chi connectivity index (χ4n) is 4.82. The van der Waals surface area contributed by atoms with E-state index in [9.17, 15) is 24.6 Å². The Bertz CT molecular complexity index is 1740. The molecule has 1 aliphatic rings. The molecule has 5 rings (SSSR count). The van der Waals surface area contributed by atoms with Gasteiger partial charge in [-0.3, -0.25) is 19.3 Å². The molecule has 10 heteroatoms. The summed E-state index contributed by atoms with van der Waals surface area (Å²) in [5, 5.41) is 21.8. The van der Waals surface area contributed by atoms with E-state index in [0.29, 0.717) is 34.1 Å². The van der Waals surface area contributed by atoms with Crippen LogP contribution in [0.3, 0.4) is 0 Å². The smallest absolute Gasteiger partial charge is 0.301 e. The van der Waals surface area contributed by atoms with Gasteiger partial charge in [0.15, 0.2) is 22.4 Å². The number of aliphatic hydroxyl groups excluding tert-OH is 1. The molecule has 1 aliphatic heterocycles.